The Balaban J connectivity index is 2.33. The van der Waals surface area contributed by atoms with Gasteiger partial charge in [-0.3, -0.25) is 4.79 Å². The Morgan fingerprint density at radius 2 is 2.28 bits per heavy atom. The standard InChI is InChI=1S/C14H24N2O2/c1-12(2)10-15-11-13-6-4-8-16(13)9-5-7-14(17)18-3/h4,6,8,12,15H,5,7,9-11H2,1-3H3. The molecular formula is C14H24N2O2. The Kier molecular flexibility index (Phi) is 6.50. The molecular weight excluding hydrogens is 228 g/mol. The normalized spacial score (nSPS) is 10.9. The lowest BCUT2D eigenvalue weighted by Crippen LogP contribution is -2.20. The molecule has 0 unspecified atom stereocenters. The van der Waals surface area contributed by atoms with Gasteiger partial charge in [-0.25, -0.2) is 0 Å². The molecule has 0 bridgehead atoms. The molecule has 1 N–H and O–H groups in total. The third-order valence-corrected chi connectivity index (χ3v) is 2.79. The average molecular weight is 252 g/mol. The topological polar surface area (TPSA) is 43.3 Å². The van der Waals surface area contributed by atoms with Gasteiger partial charge in [-0.05, 0) is 31.0 Å². The number of methoxy groups -OCH3 is 1. The number of carbonyl (C=O) groups excluding carboxylic acids is 1. The number of carbonyl (C=O) groups is 1. The maximum Gasteiger partial charge on any atom is 0.305 e. The number of aromatic nitrogens is 1. The van der Waals surface area contributed by atoms with E-state index in [0.29, 0.717) is 12.3 Å². The van der Waals surface area contributed by atoms with Gasteiger partial charge in [0, 0.05) is 31.4 Å². The van der Waals surface area contributed by atoms with Crippen LogP contribution in [0.5, 0.6) is 0 Å². The molecule has 0 aromatic carbocycles. The molecule has 0 atom stereocenters. The van der Waals surface area contributed by atoms with Gasteiger partial charge in [0.1, 0.15) is 0 Å². The monoisotopic (exact) mass is 252 g/mol. The number of ether oxygens (including phenoxy) is 1. The fraction of sp³-hybridized carbons (Fsp3) is 0.643. The van der Waals surface area contributed by atoms with E-state index >= 15 is 0 Å². The number of nitrogens with one attached hydrogen (secondary N) is 1. The maximum absolute atomic E-state index is 11.0. The molecule has 1 aromatic rings. The van der Waals surface area contributed by atoms with Crippen molar-refractivity contribution >= 4 is 5.97 Å². The summed E-state index contributed by atoms with van der Waals surface area (Å²) in [6.07, 6.45) is 3.36. The highest BCUT2D eigenvalue weighted by Crippen LogP contribution is 2.05. The zero-order valence-electron chi connectivity index (χ0n) is 11.6. The zero-order chi connectivity index (χ0) is 13.4. The van der Waals surface area contributed by atoms with Gasteiger partial charge in [0.15, 0.2) is 0 Å². The van der Waals surface area contributed by atoms with Crippen molar-refractivity contribution in [1.82, 2.24) is 9.88 Å². The molecule has 4 nitrogen and oxygen atoms in total. The third-order valence-electron chi connectivity index (χ3n) is 2.79. The van der Waals surface area contributed by atoms with Gasteiger partial charge < -0.3 is 14.6 Å². The fourth-order valence-corrected chi connectivity index (χ4v) is 1.81. The van der Waals surface area contributed by atoms with Crippen molar-refractivity contribution in [3.8, 4) is 0 Å². The van der Waals surface area contributed by atoms with Crippen molar-refractivity contribution in [3.63, 3.8) is 0 Å². The quantitative estimate of drug-likeness (QED) is 0.721. The predicted molar refractivity (Wildman–Crippen MR) is 72.2 cm³/mol. The lowest BCUT2D eigenvalue weighted by atomic mass is 10.2. The number of aryl methyl sites for hydroxylation is 1. The second kappa shape index (κ2) is 7.93. The largest absolute Gasteiger partial charge is 0.469 e. The number of esters is 1. The van der Waals surface area contributed by atoms with Gasteiger partial charge >= 0.3 is 5.97 Å². The van der Waals surface area contributed by atoms with Crippen LogP contribution in [0, 0.1) is 5.92 Å². The van der Waals surface area contributed by atoms with Crippen molar-refractivity contribution in [2.24, 2.45) is 5.92 Å². The summed E-state index contributed by atoms with van der Waals surface area (Å²) in [5, 5.41) is 3.43. The van der Waals surface area contributed by atoms with E-state index in [2.05, 4.69) is 40.7 Å². The molecule has 0 aliphatic rings. The molecule has 0 saturated carbocycles. The van der Waals surface area contributed by atoms with E-state index in [1.165, 1.54) is 12.8 Å². The molecule has 0 aliphatic heterocycles. The van der Waals surface area contributed by atoms with E-state index in [9.17, 15) is 4.79 Å². The van der Waals surface area contributed by atoms with Crippen molar-refractivity contribution in [2.45, 2.75) is 39.8 Å². The van der Waals surface area contributed by atoms with Crippen LogP contribution in [-0.2, 0) is 22.6 Å². The minimum atomic E-state index is -0.137. The molecule has 1 rings (SSSR count). The second-order valence-corrected chi connectivity index (χ2v) is 4.90. The van der Waals surface area contributed by atoms with Gasteiger partial charge in [-0.15, -0.1) is 0 Å². The average Bonchev–Trinajstić information content (AvgIpc) is 2.76. The molecule has 0 fully saturated rings. The van der Waals surface area contributed by atoms with E-state index in [1.807, 2.05) is 6.07 Å². The van der Waals surface area contributed by atoms with Crippen LogP contribution < -0.4 is 5.32 Å². The number of hydrogen-bond donors (Lipinski definition) is 1. The Labute approximate surface area is 109 Å². The van der Waals surface area contributed by atoms with Crippen molar-refractivity contribution in [3.05, 3.63) is 24.0 Å². The highest BCUT2D eigenvalue weighted by molar-refractivity contribution is 5.68. The molecule has 0 spiro atoms. The summed E-state index contributed by atoms with van der Waals surface area (Å²) < 4.78 is 6.82. The van der Waals surface area contributed by atoms with E-state index in [0.717, 1.165) is 26.1 Å². The van der Waals surface area contributed by atoms with Gasteiger partial charge in [0.25, 0.3) is 0 Å². The van der Waals surface area contributed by atoms with Crippen LogP contribution in [0.25, 0.3) is 0 Å². The first-order valence-corrected chi connectivity index (χ1v) is 6.55. The van der Waals surface area contributed by atoms with E-state index in [1.54, 1.807) is 0 Å². The number of hydrogen-bond acceptors (Lipinski definition) is 3. The van der Waals surface area contributed by atoms with Crippen molar-refractivity contribution in [1.29, 1.82) is 0 Å². The summed E-state index contributed by atoms with van der Waals surface area (Å²) in [5.41, 5.74) is 1.26. The first-order chi connectivity index (χ1) is 8.63. The SMILES string of the molecule is COC(=O)CCCn1cccc1CNCC(C)C. The van der Waals surface area contributed by atoms with Crippen LogP contribution in [0.1, 0.15) is 32.4 Å². The highest BCUT2D eigenvalue weighted by atomic mass is 16.5. The van der Waals surface area contributed by atoms with E-state index in [4.69, 9.17) is 0 Å². The van der Waals surface area contributed by atoms with Gasteiger partial charge in [0.05, 0.1) is 7.11 Å². The van der Waals surface area contributed by atoms with Gasteiger partial charge in [-0.1, -0.05) is 13.8 Å². The highest BCUT2D eigenvalue weighted by Gasteiger charge is 2.03. The number of rotatable bonds is 8. The lowest BCUT2D eigenvalue weighted by molar-refractivity contribution is -0.140. The Morgan fingerprint density at radius 1 is 1.50 bits per heavy atom. The molecule has 1 aromatic heterocycles. The van der Waals surface area contributed by atoms with Gasteiger partial charge in [-0.2, -0.15) is 0 Å². The number of nitrogens with zero attached hydrogens (tertiary/aromatic N) is 1. The minimum Gasteiger partial charge on any atom is -0.469 e. The van der Waals surface area contributed by atoms with Crippen LogP contribution >= 0.6 is 0 Å². The maximum atomic E-state index is 11.0. The summed E-state index contributed by atoms with van der Waals surface area (Å²) in [6.45, 7) is 7.16. The van der Waals surface area contributed by atoms with Crippen LogP contribution in [0.15, 0.2) is 18.3 Å². The molecule has 0 saturated heterocycles. The molecule has 18 heavy (non-hydrogen) atoms. The van der Waals surface area contributed by atoms with Crippen LogP contribution in [0.4, 0.5) is 0 Å². The molecule has 0 radical (unpaired) electrons. The minimum absolute atomic E-state index is 0.137. The van der Waals surface area contributed by atoms with E-state index in [-0.39, 0.29) is 5.97 Å². The van der Waals surface area contributed by atoms with Crippen LogP contribution in [0.2, 0.25) is 0 Å². The fourth-order valence-electron chi connectivity index (χ4n) is 1.81. The summed E-state index contributed by atoms with van der Waals surface area (Å²) in [7, 11) is 1.43. The second-order valence-electron chi connectivity index (χ2n) is 4.90. The Hall–Kier alpha value is -1.29. The summed E-state index contributed by atoms with van der Waals surface area (Å²) in [4.78, 5) is 11.0. The lowest BCUT2D eigenvalue weighted by Gasteiger charge is -2.11. The summed E-state index contributed by atoms with van der Waals surface area (Å²) in [5.74, 6) is 0.523. The van der Waals surface area contributed by atoms with E-state index < -0.39 is 0 Å². The Morgan fingerprint density at radius 3 is 2.94 bits per heavy atom. The first-order valence-electron chi connectivity index (χ1n) is 6.55. The van der Waals surface area contributed by atoms with Crippen LogP contribution in [-0.4, -0.2) is 24.2 Å². The van der Waals surface area contributed by atoms with Crippen LogP contribution in [0.3, 0.4) is 0 Å². The van der Waals surface area contributed by atoms with Gasteiger partial charge in [0.2, 0.25) is 0 Å². The molecule has 4 heteroatoms. The third kappa shape index (κ3) is 5.36. The summed E-state index contributed by atoms with van der Waals surface area (Å²) in [6, 6.07) is 4.16. The Bertz CT molecular complexity index is 358. The molecule has 0 aliphatic carbocycles. The smallest absolute Gasteiger partial charge is 0.305 e. The van der Waals surface area contributed by atoms with Crippen molar-refractivity contribution in [2.75, 3.05) is 13.7 Å². The first kappa shape index (κ1) is 14.8. The molecule has 102 valence electrons. The zero-order valence-corrected chi connectivity index (χ0v) is 11.6. The molecule has 1 heterocycles. The molecule has 0 amide bonds. The van der Waals surface area contributed by atoms with Crippen molar-refractivity contribution < 1.29 is 9.53 Å². The predicted octanol–water partition coefficient (Wildman–Crippen LogP) is 2.19. The summed E-state index contributed by atoms with van der Waals surface area (Å²) >= 11 is 0.